The highest BCUT2D eigenvalue weighted by molar-refractivity contribution is 5.80. The van der Waals surface area contributed by atoms with Crippen LogP contribution in [0.25, 0.3) is 0 Å². The van der Waals surface area contributed by atoms with Crippen LogP contribution in [0.15, 0.2) is 4.99 Å². The van der Waals surface area contributed by atoms with Gasteiger partial charge in [0.1, 0.15) is 0 Å². The third-order valence-electron chi connectivity index (χ3n) is 5.66. The fourth-order valence-corrected chi connectivity index (χ4v) is 3.79. The van der Waals surface area contributed by atoms with E-state index >= 15 is 0 Å². The van der Waals surface area contributed by atoms with E-state index in [1.54, 1.807) is 7.05 Å². The summed E-state index contributed by atoms with van der Waals surface area (Å²) in [6.45, 7) is 2.14. The predicted molar refractivity (Wildman–Crippen MR) is 92.8 cm³/mol. The number of aliphatic imine (C=N–C) groups is 1. The molecule has 0 radical (unpaired) electrons. The topological polar surface area (TPSA) is 48.9 Å². The Morgan fingerprint density at radius 1 is 1.24 bits per heavy atom. The van der Waals surface area contributed by atoms with Crippen LogP contribution in [0.4, 0.5) is 13.2 Å². The van der Waals surface area contributed by atoms with Gasteiger partial charge in [0.2, 0.25) is 0 Å². The number of nitrogens with zero attached hydrogens (tertiary/aromatic N) is 2. The smallest absolute Gasteiger partial charge is 0.381 e. The lowest BCUT2D eigenvalue weighted by atomic mass is 9.85. The summed E-state index contributed by atoms with van der Waals surface area (Å²) in [5.41, 5.74) is -0.0169. The van der Waals surface area contributed by atoms with Gasteiger partial charge in [0, 0.05) is 38.4 Å². The van der Waals surface area contributed by atoms with Gasteiger partial charge in [0.25, 0.3) is 0 Å². The zero-order chi connectivity index (χ0) is 18.5. The molecular weight excluding hydrogens is 333 g/mol. The zero-order valence-corrected chi connectivity index (χ0v) is 15.5. The van der Waals surface area contributed by atoms with Crippen LogP contribution >= 0.6 is 0 Å². The number of hydrogen-bond donors (Lipinski definition) is 2. The second-order valence-electron chi connectivity index (χ2n) is 7.40. The largest absolute Gasteiger partial charge is 0.391 e. The molecule has 1 saturated carbocycles. The van der Waals surface area contributed by atoms with Crippen LogP contribution in [0.1, 0.15) is 38.5 Å². The molecule has 1 saturated heterocycles. The molecule has 0 spiro atoms. The Labute approximate surface area is 148 Å². The first-order chi connectivity index (χ1) is 11.8. The first kappa shape index (κ1) is 20.3. The number of ether oxygens (including phenoxy) is 1. The van der Waals surface area contributed by atoms with Gasteiger partial charge in [0.05, 0.1) is 5.92 Å². The fraction of sp³-hybridized carbons (Fsp3) is 0.941. The van der Waals surface area contributed by atoms with Crippen LogP contribution in [0.3, 0.4) is 0 Å². The molecular formula is C17H31F3N4O. The molecule has 1 heterocycles. The summed E-state index contributed by atoms with van der Waals surface area (Å²) in [5.74, 6) is -0.624. The maximum Gasteiger partial charge on any atom is 0.391 e. The molecule has 2 fully saturated rings. The maximum atomic E-state index is 13.0. The van der Waals surface area contributed by atoms with Gasteiger partial charge in [0.15, 0.2) is 5.96 Å². The van der Waals surface area contributed by atoms with Crippen LogP contribution in [-0.4, -0.2) is 69.5 Å². The Balaban J connectivity index is 1.90. The van der Waals surface area contributed by atoms with E-state index in [2.05, 4.69) is 34.6 Å². The highest BCUT2D eigenvalue weighted by atomic mass is 19.4. The standard InChI is InChI=1S/C17H31F3N4O/c1-21-15(22-12-16(24(2)3)7-9-25-10-8-16)23-14-6-4-5-13(11-14)17(18,19)20/h13-14H,4-12H2,1-3H3,(H2,21,22,23). The third kappa shape index (κ3) is 5.48. The van der Waals surface area contributed by atoms with Gasteiger partial charge >= 0.3 is 6.18 Å². The quantitative estimate of drug-likeness (QED) is 0.594. The minimum atomic E-state index is -4.10. The van der Waals surface area contributed by atoms with Crippen molar-refractivity contribution in [2.45, 2.75) is 56.3 Å². The van der Waals surface area contributed by atoms with E-state index < -0.39 is 12.1 Å². The number of rotatable bonds is 4. The first-order valence-corrected chi connectivity index (χ1v) is 9.06. The number of likely N-dealkylation sites (N-methyl/N-ethyl adjacent to an activating group) is 1. The van der Waals surface area contributed by atoms with Crippen molar-refractivity contribution in [2.75, 3.05) is 40.9 Å². The lowest BCUT2D eigenvalue weighted by Gasteiger charge is -2.43. The molecule has 25 heavy (non-hydrogen) atoms. The molecule has 2 N–H and O–H groups in total. The van der Waals surface area contributed by atoms with E-state index in [0.29, 0.717) is 18.9 Å². The van der Waals surface area contributed by atoms with Gasteiger partial charge in [-0.2, -0.15) is 13.2 Å². The fourth-order valence-electron chi connectivity index (χ4n) is 3.79. The Morgan fingerprint density at radius 3 is 2.48 bits per heavy atom. The summed E-state index contributed by atoms with van der Waals surface area (Å²) in [6.07, 6.45) is -0.562. The number of nitrogens with one attached hydrogen (secondary N) is 2. The van der Waals surface area contributed by atoms with Gasteiger partial charge in [-0.1, -0.05) is 6.42 Å². The normalized spacial score (nSPS) is 28.0. The number of guanidine groups is 1. The van der Waals surface area contributed by atoms with Gasteiger partial charge in [-0.3, -0.25) is 4.99 Å². The van der Waals surface area contributed by atoms with Gasteiger partial charge in [-0.05, 0) is 46.2 Å². The van der Waals surface area contributed by atoms with Crippen LogP contribution in [0.2, 0.25) is 0 Å². The molecule has 2 atom stereocenters. The average Bonchev–Trinajstić information content (AvgIpc) is 2.58. The van der Waals surface area contributed by atoms with Gasteiger partial charge < -0.3 is 20.3 Å². The first-order valence-electron chi connectivity index (χ1n) is 9.06. The molecule has 5 nitrogen and oxygen atoms in total. The lowest BCUT2D eigenvalue weighted by molar-refractivity contribution is -0.183. The zero-order valence-electron chi connectivity index (χ0n) is 15.5. The minimum Gasteiger partial charge on any atom is -0.381 e. The molecule has 2 unspecified atom stereocenters. The molecule has 8 heteroatoms. The number of halogens is 3. The SMILES string of the molecule is CN=C(NCC1(N(C)C)CCOCC1)NC1CCCC(C(F)(F)F)C1. The van der Waals surface area contributed by atoms with Crippen molar-refractivity contribution in [3.63, 3.8) is 0 Å². The molecule has 0 aromatic heterocycles. The lowest BCUT2D eigenvalue weighted by Crippen LogP contribution is -2.58. The molecule has 2 aliphatic rings. The van der Waals surface area contributed by atoms with Crippen LogP contribution in [-0.2, 0) is 4.74 Å². The minimum absolute atomic E-state index is 0.0169. The summed E-state index contributed by atoms with van der Waals surface area (Å²) >= 11 is 0. The van der Waals surface area contributed by atoms with Crippen LogP contribution < -0.4 is 10.6 Å². The average molecular weight is 364 g/mol. The third-order valence-corrected chi connectivity index (χ3v) is 5.66. The van der Waals surface area contributed by atoms with Crippen molar-refractivity contribution in [3.05, 3.63) is 0 Å². The Hall–Kier alpha value is -1.02. The second-order valence-corrected chi connectivity index (χ2v) is 7.40. The molecule has 2 rings (SSSR count). The molecule has 0 bridgehead atoms. The second kappa shape index (κ2) is 8.58. The van der Waals surface area contributed by atoms with Gasteiger partial charge in [-0.15, -0.1) is 0 Å². The van der Waals surface area contributed by atoms with Crippen molar-refractivity contribution in [1.82, 2.24) is 15.5 Å². The molecule has 0 aromatic carbocycles. The van der Waals surface area contributed by atoms with Crippen LogP contribution in [0, 0.1) is 5.92 Å². The van der Waals surface area contributed by atoms with E-state index in [1.165, 1.54) is 0 Å². The van der Waals surface area contributed by atoms with Crippen molar-refractivity contribution < 1.29 is 17.9 Å². The summed E-state index contributed by atoms with van der Waals surface area (Å²) < 4.78 is 44.4. The van der Waals surface area contributed by atoms with Crippen molar-refractivity contribution >= 4 is 5.96 Å². The van der Waals surface area contributed by atoms with Crippen LogP contribution in [0.5, 0.6) is 0 Å². The number of alkyl halides is 3. The van der Waals surface area contributed by atoms with E-state index in [0.717, 1.165) is 32.5 Å². The molecule has 0 aromatic rings. The molecule has 146 valence electrons. The van der Waals surface area contributed by atoms with Crippen molar-refractivity contribution in [3.8, 4) is 0 Å². The van der Waals surface area contributed by atoms with Gasteiger partial charge in [-0.25, -0.2) is 0 Å². The Morgan fingerprint density at radius 2 is 1.92 bits per heavy atom. The Bertz CT molecular complexity index is 448. The maximum absolute atomic E-state index is 13.0. The summed E-state index contributed by atoms with van der Waals surface area (Å²) in [6, 6.07) is -0.184. The predicted octanol–water partition coefficient (Wildman–Crippen LogP) is 2.38. The summed E-state index contributed by atoms with van der Waals surface area (Å²) in [5, 5.41) is 6.52. The molecule has 0 amide bonds. The summed E-state index contributed by atoms with van der Waals surface area (Å²) in [4.78, 5) is 6.41. The molecule has 1 aliphatic carbocycles. The van der Waals surface area contributed by atoms with Crippen molar-refractivity contribution in [1.29, 1.82) is 0 Å². The van der Waals surface area contributed by atoms with E-state index in [4.69, 9.17) is 4.74 Å². The van der Waals surface area contributed by atoms with Crippen molar-refractivity contribution in [2.24, 2.45) is 10.9 Å². The van der Waals surface area contributed by atoms with E-state index in [9.17, 15) is 13.2 Å². The molecule has 1 aliphatic heterocycles. The van der Waals surface area contributed by atoms with E-state index in [-0.39, 0.29) is 24.4 Å². The highest BCUT2D eigenvalue weighted by Crippen LogP contribution is 2.37. The number of hydrogen-bond acceptors (Lipinski definition) is 3. The van der Waals surface area contributed by atoms with E-state index in [1.807, 2.05) is 0 Å². The summed E-state index contributed by atoms with van der Waals surface area (Å²) in [7, 11) is 5.77. The monoisotopic (exact) mass is 364 g/mol. The highest BCUT2D eigenvalue weighted by Gasteiger charge is 2.42. The Kier molecular flexibility index (Phi) is 6.96.